The Morgan fingerprint density at radius 3 is 2.42 bits per heavy atom. The van der Waals surface area contributed by atoms with Crippen molar-refractivity contribution in [2.45, 2.75) is 31.0 Å². The summed E-state index contributed by atoms with van der Waals surface area (Å²) in [7, 11) is 1.37. The number of aliphatic hydroxyl groups excluding tert-OH is 2. The minimum atomic E-state index is -1.46. The maximum absolute atomic E-state index is 9.61. The number of ether oxygens (including phenoxy) is 2. The molecule has 1 saturated heterocycles. The van der Waals surface area contributed by atoms with Crippen molar-refractivity contribution in [1.29, 1.82) is 0 Å². The molecule has 1 fully saturated rings. The van der Waals surface area contributed by atoms with Crippen LogP contribution in [0, 0.1) is 0 Å². The SMILES string of the molecule is COC1OC(CO)[C@@H](O)[C@@]1(C)O. The van der Waals surface area contributed by atoms with Crippen molar-refractivity contribution in [2.24, 2.45) is 0 Å². The standard InChI is InChI=1S/C7H14O5/c1-7(10)5(9)4(3-8)12-6(7)11-2/h4-6,8-10H,3H2,1-2H3/t4?,5-,6?,7-/m1/s1. The van der Waals surface area contributed by atoms with E-state index in [0.717, 1.165) is 0 Å². The lowest BCUT2D eigenvalue weighted by molar-refractivity contribution is -0.186. The van der Waals surface area contributed by atoms with Gasteiger partial charge in [-0.25, -0.2) is 0 Å². The molecule has 5 nitrogen and oxygen atoms in total. The van der Waals surface area contributed by atoms with E-state index < -0.39 is 24.1 Å². The van der Waals surface area contributed by atoms with Crippen molar-refractivity contribution in [1.82, 2.24) is 0 Å². The summed E-state index contributed by atoms with van der Waals surface area (Å²) in [5, 5.41) is 27.7. The maximum Gasteiger partial charge on any atom is 0.188 e. The summed E-state index contributed by atoms with van der Waals surface area (Å²) in [6.07, 6.45) is -2.78. The highest BCUT2D eigenvalue weighted by Crippen LogP contribution is 2.30. The lowest BCUT2D eigenvalue weighted by Gasteiger charge is -2.24. The lowest BCUT2D eigenvalue weighted by atomic mass is 9.98. The molecular formula is C7H14O5. The van der Waals surface area contributed by atoms with Crippen LogP contribution in [0.5, 0.6) is 0 Å². The minimum absolute atomic E-state index is 0.336. The van der Waals surface area contributed by atoms with Crippen LogP contribution in [0.15, 0.2) is 0 Å². The van der Waals surface area contributed by atoms with Crippen LogP contribution in [-0.2, 0) is 9.47 Å². The van der Waals surface area contributed by atoms with E-state index in [-0.39, 0.29) is 6.61 Å². The molecule has 0 aliphatic carbocycles. The fourth-order valence-electron chi connectivity index (χ4n) is 1.32. The second-order valence-corrected chi connectivity index (χ2v) is 3.10. The second kappa shape index (κ2) is 3.27. The Hall–Kier alpha value is -0.200. The molecule has 5 heteroatoms. The van der Waals surface area contributed by atoms with Crippen LogP contribution in [-0.4, -0.2) is 53.1 Å². The van der Waals surface area contributed by atoms with Crippen LogP contribution in [0.25, 0.3) is 0 Å². The molecule has 0 saturated carbocycles. The van der Waals surface area contributed by atoms with Crippen molar-refractivity contribution in [2.75, 3.05) is 13.7 Å². The van der Waals surface area contributed by atoms with Crippen LogP contribution >= 0.6 is 0 Å². The summed E-state index contributed by atoms with van der Waals surface area (Å²) in [4.78, 5) is 0. The minimum Gasteiger partial charge on any atom is -0.394 e. The van der Waals surface area contributed by atoms with Gasteiger partial charge in [0.15, 0.2) is 6.29 Å². The third kappa shape index (κ3) is 1.34. The predicted octanol–water partition coefficient (Wildman–Crippen LogP) is -1.54. The molecule has 4 atom stereocenters. The van der Waals surface area contributed by atoms with Crippen LogP contribution < -0.4 is 0 Å². The van der Waals surface area contributed by atoms with Gasteiger partial charge in [-0.2, -0.15) is 0 Å². The highest BCUT2D eigenvalue weighted by Gasteiger charge is 2.52. The first-order valence-electron chi connectivity index (χ1n) is 3.73. The number of hydrogen-bond donors (Lipinski definition) is 3. The van der Waals surface area contributed by atoms with Gasteiger partial charge in [0, 0.05) is 7.11 Å². The van der Waals surface area contributed by atoms with Crippen molar-refractivity contribution in [3.8, 4) is 0 Å². The van der Waals surface area contributed by atoms with Gasteiger partial charge in [0.1, 0.15) is 17.8 Å². The van der Waals surface area contributed by atoms with Crippen molar-refractivity contribution < 1.29 is 24.8 Å². The zero-order valence-electron chi connectivity index (χ0n) is 7.10. The fourth-order valence-corrected chi connectivity index (χ4v) is 1.32. The van der Waals surface area contributed by atoms with Gasteiger partial charge < -0.3 is 24.8 Å². The fraction of sp³-hybridized carbons (Fsp3) is 1.00. The molecular weight excluding hydrogens is 164 g/mol. The predicted molar refractivity (Wildman–Crippen MR) is 39.4 cm³/mol. The quantitative estimate of drug-likeness (QED) is 0.477. The van der Waals surface area contributed by atoms with E-state index in [4.69, 9.17) is 14.6 Å². The number of methoxy groups -OCH3 is 1. The molecule has 2 unspecified atom stereocenters. The largest absolute Gasteiger partial charge is 0.394 e. The first kappa shape index (κ1) is 9.88. The van der Waals surface area contributed by atoms with Crippen molar-refractivity contribution >= 4 is 0 Å². The van der Waals surface area contributed by atoms with Gasteiger partial charge in [0.2, 0.25) is 0 Å². The Balaban J connectivity index is 2.73. The monoisotopic (exact) mass is 178 g/mol. The molecule has 0 amide bonds. The average Bonchev–Trinajstić information content (AvgIpc) is 2.25. The Bertz CT molecular complexity index is 154. The van der Waals surface area contributed by atoms with E-state index in [1.807, 2.05) is 0 Å². The van der Waals surface area contributed by atoms with Crippen LogP contribution in [0.4, 0.5) is 0 Å². The van der Waals surface area contributed by atoms with Gasteiger partial charge in [0.05, 0.1) is 6.61 Å². The average molecular weight is 178 g/mol. The zero-order valence-corrected chi connectivity index (χ0v) is 7.10. The Labute approximate surface area is 70.5 Å². The van der Waals surface area contributed by atoms with E-state index >= 15 is 0 Å². The van der Waals surface area contributed by atoms with Crippen LogP contribution in [0.3, 0.4) is 0 Å². The zero-order chi connectivity index (χ0) is 9.35. The maximum atomic E-state index is 9.61. The smallest absolute Gasteiger partial charge is 0.188 e. The van der Waals surface area contributed by atoms with Gasteiger partial charge in [-0.3, -0.25) is 0 Å². The molecule has 0 spiro atoms. The van der Waals surface area contributed by atoms with Gasteiger partial charge >= 0.3 is 0 Å². The molecule has 1 rings (SSSR count). The van der Waals surface area contributed by atoms with E-state index in [9.17, 15) is 10.2 Å². The molecule has 0 aromatic carbocycles. The third-order valence-electron chi connectivity index (χ3n) is 2.12. The van der Waals surface area contributed by atoms with Gasteiger partial charge in [-0.15, -0.1) is 0 Å². The molecule has 12 heavy (non-hydrogen) atoms. The number of aliphatic hydroxyl groups is 3. The molecule has 72 valence electrons. The lowest BCUT2D eigenvalue weighted by Crippen LogP contribution is -2.46. The van der Waals surface area contributed by atoms with E-state index in [2.05, 4.69) is 0 Å². The van der Waals surface area contributed by atoms with E-state index in [1.165, 1.54) is 14.0 Å². The molecule has 0 aromatic rings. The molecule has 1 aliphatic heterocycles. The Morgan fingerprint density at radius 2 is 2.17 bits per heavy atom. The molecule has 0 radical (unpaired) electrons. The summed E-state index contributed by atoms with van der Waals surface area (Å²) in [6, 6.07) is 0. The van der Waals surface area contributed by atoms with Gasteiger partial charge in [-0.05, 0) is 6.92 Å². The number of hydrogen-bond acceptors (Lipinski definition) is 5. The van der Waals surface area contributed by atoms with Crippen LogP contribution in [0.2, 0.25) is 0 Å². The van der Waals surface area contributed by atoms with Crippen LogP contribution in [0.1, 0.15) is 6.92 Å². The van der Waals surface area contributed by atoms with E-state index in [1.54, 1.807) is 0 Å². The topological polar surface area (TPSA) is 79.2 Å². The van der Waals surface area contributed by atoms with Crippen molar-refractivity contribution in [3.63, 3.8) is 0 Å². The third-order valence-corrected chi connectivity index (χ3v) is 2.12. The van der Waals surface area contributed by atoms with Gasteiger partial charge in [0.25, 0.3) is 0 Å². The molecule has 1 aliphatic rings. The molecule has 0 aromatic heterocycles. The summed E-state index contributed by atoms with van der Waals surface area (Å²) >= 11 is 0. The Morgan fingerprint density at radius 1 is 1.58 bits per heavy atom. The molecule has 0 bridgehead atoms. The first-order chi connectivity index (χ1) is 5.54. The highest BCUT2D eigenvalue weighted by atomic mass is 16.7. The summed E-state index contributed by atoms with van der Waals surface area (Å²) < 4.78 is 9.80. The number of rotatable bonds is 2. The molecule has 1 heterocycles. The Kier molecular flexibility index (Phi) is 2.70. The summed E-state index contributed by atoms with van der Waals surface area (Å²) in [5.41, 5.74) is -1.46. The summed E-state index contributed by atoms with van der Waals surface area (Å²) in [5.74, 6) is 0. The van der Waals surface area contributed by atoms with E-state index in [0.29, 0.717) is 0 Å². The normalized spacial score (nSPS) is 48.2. The van der Waals surface area contributed by atoms with Crippen molar-refractivity contribution in [3.05, 3.63) is 0 Å². The molecule has 3 N–H and O–H groups in total. The van der Waals surface area contributed by atoms with Gasteiger partial charge in [-0.1, -0.05) is 0 Å². The first-order valence-corrected chi connectivity index (χ1v) is 3.73. The highest BCUT2D eigenvalue weighted by molar-refractivity contribution is 4.96. The summed E-state index contributed by atoms with van der Waals surface area (Å²) in [6.45, 7) is 1.07. The second-order valence-electron chi connectivity index (χ2n) is 3.10.